The smallest absolute Gasteiger partial charge is 0.315 e. The van der Waals surface area contributed by atoms with Gasteiger partial charge in [0.05, 0.1) is 0 Å². The summed E-state index contributed by atoms with van der Waals surface area (Å²) < 4.78 is 0. The van der Waals surface area contributed by atoms with Crippen molar-refractivity contribution in [3.8, 4) is 0 Å². The van der Waals surface area contributed by atoms with Crippen LogP contribution in [0.1, 0.15) is 37.7 Å². The minimum atomic E-state index is -0.263. The third-order valence-corrected chi connectivity index (χ3v) is 3.56. The van der Waals surface area contributed by atoms with Crippen molar-refractivity contribution in [3.05, 3.63) is 30.1 Å². The summed E-state index contributed by atoms with van der Waals surface area (Å²) in [7, 11) is 0. The molecular weight excluding hydrogens is 268 g/mol. The van der Waals surface area contributed by atoms with Crippen molar-refractivity contribution in [1.82, 2.24) is 20.9 Å². The highest BCUT2D eigenvalue weighted by atomic mass is 16.2. The van der Waals surface area contributed by atoms with Crippen LogP contribution < -0.4 is 16.0 Å². The van der Waals surface area contributed by atoms with Crippen molar-refractivity contribution in [3.63, 3.8) is 0 Å². The maximum atomic E-state index is 11.7. The Hall–Kier alpha value is -2.11. The first-order valence-corrected chi connectivity index (χ1v) is 7.44. The lowest BCUT2D eigenvalue weighted by molar-refractivity contribution is -0.121. The van der Waals surface area contributed by atoms with Crippen LogP contribution in [0.4, 0.5) is 4.79 Å². The number of rotatable bonds is 6. The van der Waals surface area contributed by atoms with Crippen molar-refractivity contribution in [2.45, 2.75) is 44.7 Å². The fraction of sp³-hybridized carbons (Fsp3) is 0.533. The largest absolute Gasteiger partial charge is 0.353 e. The van der Waals surface area contributed by atoms with Gasteiger partial charge in [0.1, 0.15) is 0 Å². The Morgan fingerprint density at radius 2 is 1.86 bits per heavy atom. The number of carbonyl (C=O) groups excluding carboxylic acids is 2. The first-order chi connectivity index (χ1) is 10.2. The van der Waals surface area contributed by atoms with Gasteiger partial charge < -0.3 is 16.0 Å². The maximum Gasteiger partial charge on any atom is 0.315 e. The van der Waals surface area contributed by atoms with Gasteiger partial charge in [0.2, 0.25) is 5.91 Å². The van der Waals surface area contributed by atoms with Crippen LogP contribution in [0.5, 0.6) is 0 Å². The van der Waals surface area contributed by atoms with Gasteiger partial charge in [-0.1, -0.05) is 12.8 Å². The first-order valence-electron chi connectivity index (χ1n) is 7.44. The highest BCUT2D eigenvalue weighted by molar-refractivity contribution is 5.78. The van der Waals surface area contributed by atoms with Gasteiger partial charge in [0, 0.05) is 37.9 Å². The molecule has 114 valence electrons. The lowest BCUT2D eigenvalue weighted by Gasteiger charge is -2.12. The monoisotopic (exact) mass is 290 g/mol. The summed E-state index contributed by atoms with van der Waals surface area (Å²) in [5, 5.41) is 8.41. The summed E-state index contributed by atoms with van der Waals surface area (Å²) in [5.74, 6) is 0.0105. The van der Waals surface area contributed by atoms with Crippen molar-refractivity contribution in [1.29, 1.82) is 0 Å². The van der Waals surface area contributed by atoms with Gasteiger partial charge in [-0.2, -0.15) is 0 Å². The molecule has 0 spiro atoms. The minimum absolute atomic E-state index is 0.0105. The number of nitrogens with one attached hydrogen (secondary N) is 3. The molecule has 1 saturated carbocycles. The molecule has 1 aromatic heterocycles. The zero-order valence-corrected chi connectivity index (χ0v) is 12.1. The zero-order valence-electron chi connectivity index (χ0n) is 12.1. The van der Waals surface area contributed by atoms with Gasteiger partial charge in [-0.3, -0.25) is 9.78 Å². The summed E-state index contributed by atoms with van der Waals surface area (Å²) in [6.45, 7) is 0.795. The fourth-order valence-electron chi connectivity index (χ4n) is 2.41. The lowest BCUT2D eigenvalue weighted by atomic mass is 10.2. The van der Waals surface area contributed by atoms with Gasteiger partial charge >= 0.3 is 6.03 Å². The highest BCUT2D eigenvalue weighted by Crippen LogP contribution is 2.17. The zero-order chi connectivity index (χ0) is 14.9. The number of hydrogen-bond acceptors (Lipinski definition) is 3. The van der Waals surface area contributed by atoms with Crippen molar-refractivity contribution < 1.29 is 9.59 Å². The predicted molar refractivity (Wildman–Crippen MR) is 79.5 cm³/mol. The first kappa shape index (κ1) is 15.3. The number of amides is 3. The van der Waals surface area contributed by atoms with E-state index < -0.39 is 0 Å². The molecule has 1 fully saturated rings. The highest BCUT2D eigenvalue weighted by Gasteiger charge is 2.16. The molecule has 1 aliphatic rings. The molecule has 21 heavy (non-hydrogen) atoms. The van der Waals surface area contributed by atoms with Gasteiger partial charge in [-0.15, -0.1) is 0 Å². The molecule has 0 aliphatic heterocycles. The average Bonchev–Trinajstić information content (AvgIpc) is 2.99. The normalized spacial score (nSPS) is 14.7. The number of nitrogens with zero attached hydrogens (tertiary/aromatic N) is 1. The molecule has 0 bridgehead atoms. The molecule has 6 nitrogen and oxygen atoms in total. The van der Waals surface area contributed by atoms with Crippen LogP contribution in [-0.4, -0.2) is 29.5 Å². The molecule has 6 heteroatoms. The van der Waals surface area contributed by atoms with Crippen molar-refractivity contribution in [2.75, 3.05) is 6.54 Å². The summed E-state index contributed by atoms with van der Waals surface area (Å²) in [5.41, 5.74) is 0.985. The topological polar surface area (TPSA) is 83.1 Å². The summed E-state index contributed by atoms with van der Waals surface area (Å²) in [4.78, 5) is 27.2. The number of hydrogen-bond donors (Lipinski definition) is 3. The summed E-state index contributed by atoms with van der Waals surface area (Å²) in [6.07, 6.45) is 8.22. The van der Waals surface area contributed by atoms with E-state index in [1.54, 1.807) is 12.4 Å². The minimum Gasteiger partial charge on any atom is -0.353 e. The van der Waals surface area contributed by atoms with E-state index in [2.05, 4.69) is 20.9 Å². The van der Waals surface area contributed by atoms with Gasteiger partial charge in [0.25, 0.3) is 0 Å². The Morgan fingerprint density at radius 1 is 1.14 bits per heavy atom. The predicted octanol–water partition coefficient (Wildman–Crippen LogP) is 1.33. The molecule has 3 amide bonds. The second kappa shape index (κ2) is 8.24. The van der Waals surface area contributed by atoms with Gasteiger partial charge in [-0.25, -0.2) is 4.79 Å². The number of urea groups is 1. The second-order valence-corrected chi connectivity index (χ2v) is 5.26. The van der Waals surface area contributed by atoms with Crippen LogP contribution >= 0.6 is 0 Å². The Balaban J connectivity index is 1.55. The average molecular weight is 290 g/mol. The van der Waals surface area contributed by atoms with Crippen molar-refractivity contribution >= 4 is 11.9 Å². The van der Waals surface area contributed by atoms with Crippen LogP contribution in [0.3, 0.4) is 0 Å². The maximum absolute atomic E-state index is 11.7. The standard InChI is InChI=1S/C15H22N4O2/c20-14(19-13-3-1-2-4-13)7-10-17-15(21)18-11-12-5-8-16-9-6-12/h5-6,8-9,13H,1-4,7,10-11H2,(H,19,20)(H2,17,18,21). The summed E-state index contributed by atoms with van der Waals surface area (Å²) >= 11 is 0. The molecular formula is C15H22N4O2. The molecule has 1 heterocycles. The molecule has 1 aliphatic carbocycles. The third-order valence-electron chi connectivity index (χ3n) is 3.56. The lowest BCUT2D eigenvalue weighted by Crippen LogP contribution is -2.39. The van der Waals surface area contributed by atoms with Gasteiger partial charge in [0.15, 0.2) is 0 Å². The van der Waals surface area contributed by atoms with E-state index in [1.807, 2.05) is 12.1 Å². The Kier molecular flexibility index (Phi) is 5.99. The van der Waals surface area contributed by atoms with Crippen LogP contribution in [0, 0.1) is 0 Å². The Labute approximate surface area is 124 Å². The molecule has 0 atom stereocenters. The SMILES string of the molecule is O=C(CCNC(=O)NCc1ccncc1)NC1CCCC1. The van der Waals surface area contributed by atoms with E-state index in [9.17, 15) is 9.59 Å². The van der Waals surface area contributed by atoms with Crippen molar-refractivity contribution in [2.24, 2.45) is 0 Å². The van der Waals surface area contributed by atoms with E-state index in [0.29, 0.717) is 25.6 Å². The van der Waals surface area contributed by atoms with E-state index in [4.69, 9.17) is 0 Å². The third kappa shape index (κ3) is 5.81. The van der Waals surface area contributed by atoms with E-state index in [-0.39, 0.29) is 11.9 Å². The number of pyridine rings is 1. The Morgan fingerprint density at radius 3 is 2.57 bits per heavy atom. The molecule has 3 N–H and O–H groups in total. The van der Waals surface area contributed by atoms with Crippen LogP contribution in [-0.2, 0) is 11.3 Å². The quantitative estimate of drug-likeness (QED) is 0.739. The molecule has 0 aromatic carbocycles. The molecule has 0 saturated heterocycles. The fourth-order valence-corrected chi connectivity index (χ4v) is 2.41. The van der Waals surface area contributed by atoms with E-state index >= 15 is 0 Å². The van der Waals surface area contributed by atoms with E-state index in [1.165, 1.54) is 12.8 Å². The molecule has 1 aromatic rings. The van der Waals surface area contributed by atoms with Crippen LogP contribution in [0.25, 0.3) is 0 Å². The Bertz CT molecular complexity index is 458. The molecule has 0 unspecified atom stereocenters. The number of aromatic nitrogens is 1. The van der Waals surface area contributed by atoms with E-state index in [0.717, 1.165) is 18.4 Å². The summed E-state index contributed by atoms with van der Waals surface area (Å²) in [6, 6.07) is 3.75. The second-order valence-electron chi connectivity index (χ2n) is 5.26. The molecule has 0 radical (unpaired) electrons. The molecule has 2 rings (SSSR count). The number of carbonyl (C=O) groups is 2. The van der Waals surface area contributed by atoms with Crippen LogP contribution in [0.2, 0.25) is 0 Å². The van der Waals surface area contributed by atoms with Gasteiger partial charge in [-0.05, 0) is 30.5 Å². The van der Waals surface area contributed by atoms with Crippen LogP contribution in [0.15, 0.2) is 24.5 Å².